The maximum absolute atomic E-state index is 12.3. The first-order chi connectivity index (χ1) is 11.8. The van der Waals surface area contributed by atoms with Gasteiger partial charge in [0.25, 0.3) is 0 Å². The van der Waals surface area contributed by atoms with E-state index in [1.54, 1.807) is 16.8 Å². The van der Waals surface area contributed by atoms with E-state index in [0.717, 1.165) is 22.5 Å². The van der Waals surface area contributed by atoms with Gasteiger partial charge in [-0.05, 0) is 32.0 Å². The van der Waals surface area contributed by atoms with Crippen LogP contribution in [0.1, 0.15) is 17.0 Å². The van der Waals surface area contributed by atoms with Crippen LogP contribution in [0.25, 0.3) is 11.3 Å². The number of thiazole rings is 1. The van der Waals surface area contributed by atoms with Crippen LogP contribution >= 0.6 is 34.5 Å². The molecular formula is C17H16Cl2N4OS. The smallest absolute Gasteiger partial charge is 0.230 e. The molecule has 8 heteroatoms. The molecule has 0 fully saturated rings. The Morgan fingerprint density at radius 2 is 2.08 bits per heavy atom. The highest BCUT2D eigenvalue weighted by Crippen LogP contribution is 2.32. The number of hydrogen-bond donors (Lipinski definition) is 1. The van der Waals surface area contributed by atoms with Gasteiger partial charge >= 0.3 is 0 Å². The van der Waals surface area contributed by atoms with Crippen LogP contribution in [0.5, 0.6) is 0 Å². The van der Waals surface area contributed by atoms with Crippen LogP contribution in [0.2, 0.25) is 10.0 Å². The van der Waals surface area contributed by atoms with Gasteiger partial charge in [-0.1, -0.05) is 23.2 Å². The summed E-state index contributed by atoms with van der Waals surface area (Å²) in [5, 5.41) is 10.6. The fraction of sp³-hybridized carbons (Fsp3) is 0.235. The lowest BCUT2D eigenvalue weighted by atomic mass is 10.1. The second-order valence-corrected chi connectivity index (χ2v) is 7.36. The maximum atomic E-state index is 12.3. The van der Waals surface area contributed by atoms with E-state index >= 15 is 0 Å². The van der Waals surface area contributed by atoms with E-state index in [1.165, 1.54) is 11.3 Å². The zero-order valence-electron chi connectivity index (χ0n) is 13.9. The number of hydrogen-bond acceptors (Lipinski definition) is 4. The Morgan fingerprint density at radius 3 is 2.72 bits per heavy atom. The van der Waals surface area contributed by atoms with Gasteiger partial charge < -0.3 is 5.32 Å². The molecule has 0 atom stereocenters. The summed E-state index contributed by atoms with van der Waals surface area (Å²) in [6.45, 7) is 3.85. The highest BCUT2D eigenvalue weighted by atomic mass is 35.5. The first-order valence-corrected chi connectivity index (χ1v) is 9.18. The normalized spacial score (nSPS) is 10.9. The van der Waals surface area contributed by atoms with Crippen molar-refractivity contribution in [3.63, 3.8) is 0 Å². The predicted octanol–water partition coefficient (Wildman–Crippen LogP) is 4.65. The number of rotatable bonds is 4. The molecular weight excluding hydrogens is 379 g/mol. The molecule has 0 saturated carbocycles. The third-order valence-electron chi connectivity index (χ3n) is 3.95. The molecule has 0 unspecified atom stereocenters. The van der Waals surface area contributed by atoms with Gasteiger partial charge in [-0.3, -0.25) is 9.48 Å². The number of carbonyl (C=O) groups is 1. The number of anilines is 1. The van der Waals surface area contributed by atoms with Gasteiger partial charge in [-0.15, -0.1) is 11.3 Å². The first-order valence-electron chi connectivity index (χ1n) is 7.55. The lowest BCUT2D eigenvalue weighted by Gasteiger charge is -2.03. The van der Waals surface area contributed by atoms with Crippen molar-refractivity contribution in [3.05, 3.63) is 50.6 Å². The van der Waals surface area contributed by atoms with Crippen LogP contribution in [0.3, 0.4) is 0 Å². The van der Waals surface area contributed by atoms with Crippen molar-refractivity contribution in [1.29, 1.82) is 0 Å². The fourth-order valence-electron chi connectivity index (χ4n) is 2.55. The Bertz CT molecular complexity index is 948. The number of aromatic nitrogens is 3. The molecule has 1 aromatic carbocycles. The van der Waals surface area contributed by atoms with Crippen LogP contribution in [0.15, 0.2) is 23.6 Å². The van der Waals surface area contributed by atoms with Crippen LogP contribution in [-0.2, 0) is 18.3 Å². The summed E-state index contributed by atoms with van der Waals surface area (Å²) in [4.78, 5) is 16.8. The van der Waals surface area contributed by atoms with Gasteiger partial charge in [-0.2, -0.15) is 5.10 Å². The first kappa shape index (κ1) is 17.9. The van der Waals surface area contributed by atoms with E-state index in [9.17, 15) is 4.79 Å². The summed E-state index contributed by atoms with van der Waals surface area (Å²) in [5.74, 6) is -0.123. The lowest BCUT2D eigenvalue weighted by Crippen LogP contribution is -2.15. The summed E-state index contributed by atoms with van der Waals surface area (Å²) in [6.07, 6.45) is 0.266. The van der Waals surface area contributed by atoms with Gasteiger partial charge in [-0.25, -0.2) is 4.98 Å². The maximum Gasteiger partial charge on any atom is 0.230 e. The van der Waals surface area contributed by atoms with Crippen molar-refractivity contribution in [2.75, 3.05) is 5.32 Å². The van der Waals surface area contributed by atoms with Gasteiger partial charge in [0.15, 0.2) is 5.13 Å². The quantitative estimate of drug-likeness (QED) is 0.700. The molecule has 0 aliphatic rings. The number of amides is 1. The molecule has 0 aliphatic heterocycles. The minimum absolute atomic E-state index is 0.123. The second-order valence-electron chi connectivity index (χ2n) is 5.66. The van der Waals surface area contributed by atoms with E-state index in [1.807, 2.05) is 32.3 Å². The molecule has 3 aromatic rings. The number of nitrogens with zero attached hydrogens (tertiary/aromatic N) is 3. The zero-order chi connectivity index (χ0) is 18.1. The summed E-state index contributed by atoms with van der Waals surface area (Å²) >= 11 is 13.5. The Balaban J connectivity index is 1.74. The second kappa shape index (κ2) is 7.15. The summed E-state index contributed by atoms with van der Waals surface area (Å²) < 4.78 is 1.78. The number of nitrogens with one attached hydrogen (secondary N) is 1. The Kier molecular flexibility index (Phi) is 5.13. The van der Waals surface area contributed by atoms with E-state index in [2.05, 4.69) is 15.4 Å². The van der Waals surface area contributed by atoms with Crippen LogP contribution < -0.4 is 5.32 Å². The molecule has 2 heterocycles. The van der Waals surface area contributed by atoms with Crippen LogP contribution in [0.4, 0.5) is 5.13 Å². The SMILES string of the molecule is Cc1nn(C)c(C)c1CC(=O)Nc1nc(-c2ccc(Cl)cc2Cl)cs1. The molecule has 130 valence electrons. The minimum atomic E-state index is -0.123. The number of benzene rings is 1. The Labute approximate surface area is 159 Å². The monoisotopic (exact) mass is 394 g/mol. The molecule has 1 N–H and O–H groups in total. The fourth-order valence-corrected chi connectivity index (χ4v) is 3.78. The molecule has 5 nitrogen and oxygen atoms in total. The summed E-state index contributed by atoms with van der Waals surface area (Å²) in [7, 11) is 1.87. The van der Waals surface area contributed by atoms with Gasteiger partial charge in [0.2, 0.25) is 5.91 Å². The number of aryl methyl sites for hydroxylation is 2. The third-order valence-corrected chi connectivity index (χ3v) is 5.26. The van der Waals surface area contributed by atoms with Gasteiger partial charge in [0.05, 0.1) is 22.8 Å². The van der Waals surface area contributed by atoms with Crippen molar-refractivity contribution in [1.82, 2.24) is 14.8 Å². The molecule has 25 heavy (non-hydrogen) atoms. The lowest BCUT2D eigenvalue weighted by molar-refractivity contribution is -0.115. The highest BCUT2D eigenvalue weighted by molar-refractivity contribution is 7.14. The predicted molar refractivity (Wildman–Crippen MR) is 103 cm³/mol. The standard InChI is InChI=1S/C17H16Cl2N4OS/c1-9-13(10(2)23(3)22-9)7-16(24)21-17-20-15(8-25-17)12-5-4-11(18)6-14(12)19/h4-6,8H,7H2,1-3H3,(H,20,21,24). The van der Waals surface area contributed by atoms with Gasteiger partial charge in [0, 0.05) is 34.3 Å². The third kappa shape index (κ3) is 3.86. The van der Waals surface area contributed by atoms with Crippen molar-refractivity contribution < 1.29 is 4.79 Å². The molecule has 0 radical (unpaired) electrons. The topological polar surface area (TPSA) is 59.8 Å². The number of carbonyl (C=O) groups excluding carboxylic acids is 1. The van der Waals surface area contributed by atoms with Crippen LogP contribution in [0, 0.1) is 13.8 Å². The van der Waals surface area contributed by atoms with Crippen molar-refractivity contribution in [2.45, 2.75) is 20.3 Å². The van der Waals surface area contributed by atoms with Crippen LogP contribution in [-0.4, -0.2) is 20.7 Å². The minimum Gasteiger partial charge on any atom is -0.302 e. The molecule has 0 spiro atoms. The van der Waals surface area contributed by atoms with E-state index < -0.39 is 0 Å². The Morgan fingerprint density at radius 1 is 1.32 bits per heavy atom. The summed E-state index contributed by atoms with van der Waals surface area (Å²) in [6, 6.07) is 5.24. The molecule has 3 rings (SSSR count). The number of halogens is 2. The highest BCUT2D eigenvalue weighted by Gasteiger charge is 2.15. The summed E-state index contributed by atoms with van der Waals surface area (Å²) in [5.41, 5.74) is 4.28. The molecule has 2 aromatic heterocycles. The van der Waals surface area contributed by atoms with Crippen molar-refractivity contribution in [3.8, 4) is 11.3 Å². The average molecular weight is 395 g/mol. The average Bonchev–Trinajstić information content (AvgIpc) is 3.08. The largest absolute Gasteiger partial charge is 0.302 e. The molecule has 0 bridgehead atoms. The van der Waals surface area contributed by atoms with Gasteiger partial charge in [0.1, 0.15) is 0 Å². The molecule has 0 aliphatic carbocycles. The zero-order valence-corrected chi connectivity index (χ0v) is 16.3. The molecule has 0 saturated heterocycles. The Hall–Kier alpha value is -1.89. The van der Waals surface area contributed by atoms with E-state index in [0.29, 0.717) is 20.9 Å². The van der Waals surface area contributed by atoms with E-state index in [4.69, 9.17) is 23.2 Å². The van der Waals surface area contributed by atoms with Crippen molar-refractivity contribution in [2.24, 2.45) is 7.05 Å². The molecule has 1 amide bonds. The van der Waals surface area contributed by atoms with E-state index in [-0.39, 0.29) is 12.3 Å². The van der Waals surface area contributed by atoms with Crippen molar-refractivity contribution >= 4 is 45.6 Å².